The molecule has 0 fully saturated rings. The Morgan fingerprint density at radius 2 is 1.95 bits per heavy atom. The Labute approximate surface area is 119 Å². The van der Waals surface area contributed by atoms with Gasteiger partial charge in [-0.15, -0.1) is 11.6 Å². The molecule has 0 aromatic heterocycles. The summed E-state index contributed by atoms with van der Waals surface area (Å²) < 4.78 is 18.6. The summed E-state index contributed by atoms with van der Waals surface area (Å²) in [6.45, 7) is 0.0205. The molecule has 0 spiro atoms. The molecule has 0 saturated heterocycles. The van der Waals surface area contributed by atoms with E-state index < -0.39 is 10.7 Å². The molecule has 0 unspecified atom stereocenters. The Hall–Kier alpha value is -2.14. The van der Waals surface area contributed by atoms with Gasteiger partial charge in [0.15, 0.2) is 0 Å². The van der Waals surface area contributed by atoms with Crippen LogP contribution in [0.5, 0.6) is 5.75 Å². The molecule has 0 aliphatic rings. The van der Waals surface area contributed by atoms with Gasteiger partial charge in [0.05, 0.1) is 16.4 Å². The first-order valence-corrected chi connectivity index (χ1v) is 6.34. The highest BCUT2D eigenvalue weighted by Gasteiger charge is 2.13. The summed E-state index contributed by atoms with van der Waals surface area (Å²) in [7, 11) is 0. The number of rotatable bonds is 5. The molecule has 4 nitrogen and oxygen atoms in total. The molecule has 0 saturated carbocycles. The van der Waals surface area contributed by atoms with E-state index >= 15 is 0 Å². The number of ether oxygens (including phenoxy) is 1. The van der Waals surface area contributed by atoms with Crippen LogP contribution in [0.2, 0.25) is 0 Å². The highest BCUT2D eigenvalue weighted by Crippen LogP contribution is 2.24. The lowest BCUT2D eigenvalue weighted by Crippen LogP contribution is -2.02. The molecule has 20 heavy (non-hydrogen) atoms. The van der Waals surface area contributed by atoms with Crippen LogP contribution in [0.1, 0.15) is 11.1 Å². The van der Waals surface area contributed by atoms with E-state index in [0.29, 0.717) is 16.9 Å². The zero-order valence-corrected chi connectivity index (χ0v) is 11.1. The third-order valence-electron chi connectivity index (χ3n) is 2.74. The van der Waals surface area contributed by atoms with Gasteiger partial charge in [-0.3, -0.25) is 10.1 Å². The number of nitro benzene ring substituents is 1. The molecule has 0 heterocycles. The van der Waals surface area contributed by atoms with Gasteiger partial charge in [-0.25, -0.2) is 4.39 Å². The number of alkyl halides is 1. The van der Waals surface area contributed by atoms with Gasteiger partial charge in [-0.05, 0) is 24.3 Å². The van der Waals surface area contributed by atoms with Gasteiger partial charge in [-0.1, -0.05) is 12.1 Å². The van der Waals surface area contributed by atoms with Gasteiger partial charge < -0.3 is 4.74 Å². The minimum absolute atomic E-state index is 0.0120. The first-order valence-electron chi connectivity index (χ1n) is 5.81. The summed E-state index contributed by atoms with van der Waals surface area (Å²) in [6, 6.07) is 10.3. The van der Waals surface area contributed by atoms with Crippen molar-refractivity contribution in [1.82, 2.24) is 0 Å². The number of hydrogen-bond donors (Lipinski definition) is 0. The van der Waals surface area contributed by atoms with Gasteiger partial charge in [0.25, 0.3) is 5.69 Å². The third kappa shape index (κ3) is 3.24. The Balaban J connectivity index is 2.19. The number of halogens is 2. The summed E-state index contributed by atoms with van der Waals surface area (Å²) in [6.07, 6.45) is 0. The Bertz CT molecular complexity index is 634. The van der Waals surface area contributed by atoms with Gasteiger partial charge in [0.2, 0.25) is 0 Å². The Morgan fingerprint density at radius 1 is 1.20 bits per heavy atom. The van der Waals surface area contributed by atoms with Crippen LogP contribution in [-0.2, 0) is 12.5 Å². The standard InChI is InChI=1S/C14H11ClFNO3/c15-8-11-7-12(16)5-6-14(11)20-9-10-3-1-2-4-13(10)17(18)19/h1-7H,8-9H2. The third-order valence-corrected chi connectivity index (χ3v) is 3.03. The van der Waals surface area contributed by atoms with E-state index in [1.807, 2.05) is 0 Å². The molecule has 2 aromatic carbocycles. The predicted molar refractivity (Wildman–Crippen MR) is 73.4 cm³/mol. The molecule has 2 rings (SSSR count). The van der Waals surface area contributed by atoms with Crippen molar-refractivity contribution in [3.05, 3.63) is 69.5 Å². The Kier molecular flexibility index (Phi) is 4.53. The molecule has 0 aliphatic carbocycles. The van der Waals surface area contributed by atoms with Crippen LogP contribution in [-0.4, -0.2) is 4.92 Å². The van der Waals surface area contributed by atoms with Crippen molar-refractivity contribution in [2.45, 2.75) is 12.5 Å². The van der Waals surface area contributed by atoms with Gasteiger partial charge >= 0.3 is 0 Å². The number of nitro groups is 1. The lowest BCUT2D eigenvalue weighted by molar-refractivity contribution is -0.385. The maximum absolute atomic E-state index is 13.1. The van der Waals surface area contributed by atoms with Crippen molar-refractivity contribution in [1.29, 1.82) is 0 Å². The van der Waals surface area contributed by atoms with Crippen LogP contribution in [0.4, 0.5) is 10.1 Å². The van der Waals surface area contributed by atoms with Crippen molar-refractivity contribution in [3.8, 4) is 5.75 Å². The summed E-state index contributed by atoms with van der Waals surface area (Å²) >= 11 is 5.71. The molecule has 0 bridgehead atoms. The fourth-order valence-electron chi connectivity index (χ4n) is 1.76. The van der Waals surface area contributed by atoms with Crippen LogP contribution >= 0.6 is 11.6 Å². The summed E-state index contributed by atoms with van der Waals surface area (Å²) in [4.78, 5) is 10.4. The van der Waals surface area contributed by atoms with E-state index in [0.717, 1.165) is 0 Å². The summed E-state index contributed by atoms with van der Waals surface area (Å²) in [5.41, 5.74) is 0.939. The first-order chi connectivity index (χ1) is 9.61. The molecular weight excluding hydrogens is 285 g/mol. The van der Waals surface area contributed by atoms with Crippen LogP contribution in [0.15, 0.2) is 42.5 Å². The van der Waals surface area contributed by atoms with E-state index in [-0.39, 0.29) is 18.2 Å². The molecular formula is C14H11ClFNO3. The maximum atomic E-state index is 13.1. The van der Waals surface area contributed by atoms with Gasteiger partial charge in [-0.2, -0.15) is 0 Å². The van der Waals surface area contributed by atoms with Crippen molar-refractivity contribution >= 4 is 17.3 Å². The average molecular weight is 296 g/mol. The van der Waals surface area contributed by atoms with E-state index in [2.05, 4.69) is 0 Å². The van der Waals surface area contributed by atoms with Crippen molar-refractivity contribution < 1.29 is 14.1 Å². The number of nitrogens with zero attached hydrogens (tertiary/aromatic N) is 1. The highest BCUT2D eigenvalue weighted by molar-refractivity contribution is 6.17. The first kappa shape index (κ1) is 14.3. The van der Waals surface area contributed by atoms with Gasteiger partial charge in [0.1, 0.15) is 18.2 Å². The minimum atomic E-state index is -0.466. The van der Waals surface area contributed by atoms with E-state index in [9.17, 15) is 14.5 Å². The van der Waals surface area contributed by atoms with Crippen LogP contribution in [0.25, 0.3) is 0 Å². The lowest BCUT2D eigenvalue weighted by atomic mass is 10.2. The fraction of sp³-hybridized carbons (Fsp3) is 0.143. The topological polar surface area (TPSA) is 52.4 Å². The van der Waals surface area contributed by atoms with Crippen molar-refractivity contribution in [3.63, 3.8) is 0 Å². The highest BCUT2D eigenvalue weighted by atomic mass is 35.5. The zero-order chi connectivity index (χ0) is 14.5. The number of benzene rings is 2. The maximum Gasteiger partial charge on any atom is 0.276 e. The summed E-state index contributed by atoms with van der Waals surface area (Å²) in [5, 5.41) is 10.9. The van der Waals surface area contributed by atoms with Gasteiger partial charge in [0, 0.05) is 11.6 Å². The van der Waals surface area contributed by atoms with E-state index in [4.69, 9.17) is 16.3 Å². The molecule has 0 atom stereocenters. The number of para-hydroxylation sites is 1. The second-order valence-electron chi connectivity index (χ2n) is 4.06. The fourth-order valence-corrected chi connectivity index (χ4v) is 1.97. The van der Waals surface area contributed by atoms with Crippen molar-refractivity contribution in [2.75, 3.05) is 0 Å². The second-order valence-corrected chi connectivity index (χ2v) is 4.33. The molecule has 6 heteroatoms. The van der Waals surface area contributed by atoms with Crippen molar-refractivity contribution in [2.24, 2.45) is 0 Å². The molecule has 2 aromatic rings. The van der Waals surface area contributed by atoms with E-state index in [1.165, 1.54) is 24.3 Å². The molecule has 0 aliphatic heterocycles. The monoisotopic (exact) mass is 295 g/mol. The lowest BCUT2D eigenvalue weighted by Gasteiger charge is -2.10. The molecule has 0 radical (unpaired) electrons. The quantitative estimate of drug-likeness (QED) is 0.475. The molecule has 0 amide bonds. The van der Waals surface area contributed by atoms with Crippen LogP contribution < -0.4 is 4.74 Å². The average Bonchev–Trinajstić information content (AvgIpc) is 2.46. The SMILES string of the molecule is O=[N+]([O-])c1ccccc1COc1ccc(F)cc1CCl. The smallest absolute Gasteiger partial charge is 0.276 e. The molecule has 104 valence electrons. The predicted octanol–water partition coefficient (Wildman–Crippen LogP) is 4.05. The zero-order valence-electron chi connectivity index (χ0n) is 10.4. The largest absolute Gasteiger partial charge is 0.488 e. The normalized spacial score (nSPS) is 10.3. The van der Waals surface area contributed by atoms with E-state index in [1.54, 1.807) is 18.2 Å². The number of hydrogen-bond acceptors (Lipinski definition) is 3. The van der Waals surface area contributed by atoms with Crippen LogP contribution in [0.3, 0.4) is 0 Å². The minimum Gasteiger partial charge on any atom is -0.488 e. The molecule has 0 N–H and O–H groups in total. The second kappa shape index (κ2) is 6.34. The summed E-state index contributed by atoms with van der Waals surface area (Å²) in [5.74, 6) is 0.113. The Morgan fingerprint density at radius 3 is 2.65 bits per heavy atom. The van der Waals surface area contributed by atoms with Crippen LogP contribution in [0, 0.1) is 15.9 Å².